The van der Waals surface area contributed by atoms with Crippen molar-refractivity contribution in [3.05, 3.63) is 59.2 Å². The standard InChI is InChI=1S/C36H44F5N3O4/c1-22-3-8-26(9-4-22)44-19-30(23-5-10-27(48-2)11-6-23)35(38,21-44)34(47)43-18-29(31(37)20-43)28-12-7-25(36(39,40)41)17-32(28)42-15-13-24(14-16-42)33(45)46/h5-7,10-12,17,22,24,26,29-31H,3-4,8-9,13-16,18-21H2,1-2H3,(H,45,46)/t22?,26?,29-,30+,31+,35+/m1/s1. The summed E-state index contributed by atoms with van der Waals surface area (Å²) in [4.78, 5) is 30.8. The largest absolute Gasteiger partial charge is 0.497 e. The van der Waals surface area contributed by atoms with E-state index in [1.165, 1.54) is 18.1 Å². The monoisotopic (exact) mass is 677 g/mol. The number of carboxylic acids is 1. The van der Waals surface area contributed by atoms with Crippen molar-refractivity contribution < 1.29 is 41.4 Å². The first-order valence-electron chi connectivity index (χ1n) is 17.0. The number of likely N-dealkylation sites (tertiary alicyclic amines) is 2. The van der Waals surface area contributed by atoms with E-state index in [0.29, 0.717) is 29.3 Å². The molecule has 0 unspecified atom stereocenters. The Morgan fingerprint density at radius 3 is 2.21 bits per heavy atom. The summed E-state index contributed by atoms with van der Waals surface area (Å²) in [6, 6.07) is 10.3. The van der Waals surface area contributed by atoms with Crippen molar-refractivity contribution >= 4 is 17.6 Å². The van der Waals surface area contributed by atoms with Crippen LogP contribution in [0.1, 0.15) is 74.0 Å². The van der Waals surface area contributed by atoms with Crippen molar-refractivity contribution in [3.8, 4) is 5.75 Å². The number of alkyl halides is 5. The van der Waals surface area contributed by atoms with Crippen LogP contribution in [-0.4, -0.2) is 91.0 Å². The van der Waals surface area contributed by atoms with Crippen molar-refractivity contribution in [1.29, 1.82) is 0 Å². The third-order valence-corrected chi connectivity index (χ3v) is 11.3. The number of amides is 1. The second kappa shape index (κ2) is 13.5. The summed E-state index contributed by atoms with van der Waals surface area (Å²) < 4.78 is 80.2. The van der Waals surface area contributed by atoms with E-state index >= 15 is 8.78 Å². The number of benzene rings is 2. The number of methoxy groups -OCH3 is 1. The van der Waals surface area contributed by atoms with E-state index in [-0.39, 0.29) is 57.3 Å². The number of halogens is 5. The van der Waals surface area contributed by atoms with E-state index in [4.69, 9.17) is 4.74 Å². The van der Waals surface area contributed by atoms with Gasteiger partial charge in [-0.3, -0.25) is 14.5 Å². The molecule has 1 N–H and O–H groups in total. The third kappa shape index (κ3) is 6.73. The topological polar surface area (TPSA) is 73.3 Å². The molecule has 1 aliphatic carbocycles. The summed E-state index contributed by atoms with van der Waals surface area (Å²) in [6.07, 6.45) is -1.88. The smallest absolute Gasteiger partial charge is 0.416 e. The number of piperidine rings is 1. The molecule has 0 radical (unpaired) electrons. The molecular formula is C36H44F5N3O4. The second-order valence-corrected chi connectivity index (χ2v) is 14.2. The lowest BCUT2D eigenvalue weighted by Gasteiger charge is -2.35. The van der Waals surface area contributed by atoms with Crippen LogP contribution >= 0.6 is 0 Å². The maximum absolute atomic E-state index is 17.5. The average molecular weight is 678 g/mol. The zero-order valence-corrected chi connectivity index (χ0v) is 27.4. The van der Waals surface area contributed by atoms with Crippen LogP contribution in [0.15, 0.2) is 42.5 Å². The second-order valence-electron chi connectivity index (χ2n) is 14.2. The van der Waals surface area contributed by atoms with Crippen LogP contribution in [0.25, 0.3) is 0 Å². The molecule has 48 heavy (non-hydrogen) atoms. The zero-order valence-electron chi connectivity index (χ0n) is 27.4. The Balaban J connectivity index is 1.27. The Kier molecular flexibility index (Phi) is 9.67. The molecular weight excluding hydrogens is 633 g/mol. The van der Waals surface area contributed by atoms with Crippen LogP contribution < -0.4 is 9.64 Å². The number of hydrogen-bond acceptors (Lipinski definition) is 5. The Labute approximate surface area is 278 Å². The minimum atomic E-state index is -4.64. The number of ether oxygens (including phenoxy) is 1. The number of aliphatic carboxylic acids is 1. The summed E-state index contributed by atoms with van der Waals surface area (Å²) >= 11 is 0. The van der Waals surface area contributed by atoms with Crippen molar-refractivity contribution in [3.63, 3.8) is 0 Å². The lowest BCUT2D eigenvalue weighted by atomic mass is 9.85. The van der Waals surface area contributed by atoms with Gasteiger partial charge in [0.1, 0.15) is 11.9 Å². The summed E-state index contributed by atoms with van der Waals surface area (Å²) in [7, 11) is 1.54. The molecule has 0 aromatic heterocycles. The summed E-state index contributed by atoms with van der Waals surface area (Å²) in [5.74, 6) is -2.91. The van der Waals surface area contributed by atoms with Gasteiger partial charge in [-0.2, -0.15) is 13.2 Å². The Morgan fingerprint density at radius 2 is 1.60 bits per heavy atom. The first-order chi connectivity index (χ1) is 22.8. The number of carbonyl (C=O) groups excluding carboxylic acids is 1. The highest BCUT2D eigenvalue weighted by molar-refractivity contribution is 5.88. The predicted molar refractivity (Wildman–Crippen MR) is 171 cm³/mol. The van der Waals surface area contributed by atoms with Gasteiger partial charge < -0.3 is 19.6 Å². The molecule has 2 aromatic carbocycles. The molecule has 0 spiro atoms. The predicted octanol–water partition coefficient (Wildman–Crippen LogP) is 6.67. The Morgan fingerprint density at radius 1 is 0.938 bits per heavy atom. The van der Waals surface area contributed by atoms with Crippen molar-refractivity contribution in [2.45, 2.75) is 81.3 Å². The van der Waals surface area contributed by atoms with E-state index in [1.54, 1.807) is 29.2 Å². The fourth-order valence-electron chi connectivity index (χ4n) is 8.32. The van der Waals surface area contributed by atoms with E-state index in [0.717, 1.165) is 37.8 Å². The molecule has 3 heterocycles. The van der Waals surface area contributed by atoms with Gasteiger partial charge in [0.15, 0.2) is 0 Å². The van der Waals surface area contributed by atoms with Gasteiger partial charge in [0.25, 0.3) is 5.91 Å². The number of nitrogens with zero attached hydrogens (tertiary/aromatic N) is 3. The molecule has 1 saturated carbocycles. The molecule has 0 bridgehead atoms. The van der Waals surface area contributed by atoms with Crippen LogP contribution in [0.5, 0.6) is 5.75 Å². The lowest BCUT2D eigenvalue weighted by Crippen LogP contribution is -2.50. The molecule has 4 aliphatic rings. The molecule has 12 heteroatoms. The fraction of sp³-hybridized carbons (Fsp3) is 0.611. The number of carboxylic acid groups (broad SMARTS) is 1. The van der Waals surface area contributed by atoms with Gasteiger partial charge >= 0.3 is 12.1 Å². The molecule has 3 aliphatic heterocycles. The Bertz CT molecular complexity index is 1470. The molecule has 262 valence electrons. The molecule has 4 atom stereocenters. The fourth-order valence-corrected chi connectivity index (χ4v) is 8.32. The minimum absolute atomic E-state index is 0.107. The number of anilines is 1. The molecule has 2 aromatic rings. The lowest BCUT2D eigenvalue weighted by molar-refractivity contribution is -0.143. The highest BCUT2D eigenvalue weighted by atomic mass is 19.4. The van der Waals surface area contributed by atoms with Crippen LogP contribution in [0.2, 0.25) is 0 Å². The van der Waals surface area contributed by atoms with Crippen LogP contribution in [0.4, 0.5) is 27.6 Å². The number of carbonyl (C=O) groups is 2. The molecule has 3 saturated heterocycles. The van der Waals surface area contributed by atoms with Gasteiger partial charge in [0.05, 0.1) is 25.1 Å². The highest BCUT2D eigenvalue weighted by Crippen LogP contribution is 2.46. The number of hydrogen-bond donors (Lipinski definition) is 1. The quantitative estimate of drug-likeness (QED) is 0.331. The minimum Gasteiger partial charge on any atom is -0.497 e. The van der Waals surface area contributed by atoms with E-state index < -0.39 is 53.2 Å². The molecule has 7 nitrogen and oxygen atoms in total. The Hall–Kier alpha value is -3.41. The first-order valence-corrected chi connectivity index (χ1v) is 17.0. The van der Waals surface area contributed by atoms with Crippen molar-refractivity contribution in [1.82, 2.24) is 9.80 Å². The van der Waals surface area contributed by atoms with Crippen molar-refractivity contribution in [2.24, 2.45) is 11.8 Å². The van der Waals surface area contributed by atoms with E-state index in [1.807, 2.05) is 0 Å². The SMILES string of the molecule is COc1ccc([C@@H]2CN(C3CCC(C)CC3)C[C@@]2(F)C(=O)N2C[C@H](c3ccc(C(F)(F)F)cc3N3CCC(C(=O)O)CC3)[C@@H](F)C2)cc1. The molecule has 1 amide bonds. The molecule has 4 fully saturated rings. The van der Waals surface area contributed by atoms with Gasteiger partial charge in [0, 0.05) is 56.3 Å². The number of rotatable bonds is 7. The van der Waals surface area contributed by atoms with Crippen LogP contribution in [0.3, 0.4) is 0 Å². The van der Waals surface area contributed by atoms with Crippen molar-refractivity contribution in [2.75, 3.05) is 51.3 Å². The van der Waals surface area contributed by atoms with Crippen LogP contribution in [-0.2, 0) is 15.8 Å². The van der Waals surface area contributed by atoms with Crippen LogP contribution in [0, 0.1) is 11.8 Å². The summed E-state index contributed by atoms with van der Waals surface area (Å²) in [5.41, 5.74) is -2.07. The third-order valence-electron chi connectivity index (χ3n) is 11.3. The van der Waals surface area contributed by atoms with E-state index in [9.17, 15) is 27.9 Å². The summed E-state index contributed by atoms with van der Waals surface area (Å²) in [6.45, 7) is 2.30. The maximum atomic E-state index is 17.5. The van der Waals surface area contributed by atoms with Gasteiger partial charge in [-0.05, 0) is 79.8 Å². The summed E-state index contributed by atoms with van der Waals surface area (Å²) in [5, 5.41) is 9.42. The van der Waals surface area contributed by atoms with Gasteiger partial charge in [-0.1, -0.05) is 25.1 Å². The first kappa shape index (κ1) is 34.5. The highest BCUT2D eigenvalue weighted by Gasteiger charge is 2.57. The zero-order chi connectivity index (χ0) is 34.4. The van der Waals surface area contributed by atoms with Gasteiger partial charge in [-0.15, -0.1) is 0 Å². The van der Waals surface area contributed by atoms with Gasteiger partial charge in [-0.25, -0.2) is 8.78 Å². The maximum Gasteiger partial charge on any atom is 0.416 e. The average Bonchev–Trinajstić information content (AvgIpc) is 3.64. The van der Waals surface area contributed by atoms with E-state index in [2.05, 4.69) is 11.8 Å². The normalized spacial score (nSPS) is 30.5. The van der Waals surface area contributed by atoms with Gasteiger partial charge in [0.2, 0.25) is 5.67 Å². The molecule has 6 rings (SSSR count).